The SMILES string of the molecule is CC(C=NO)CC(C)C(C)(C)C. The standard InChI is InChI=1S/C10H21NO/c1-8(7-11-12)6-9(2)10(3,4)5/h7-9,12H,6H2,1-5H3. The van der Waals surface area contributed by atoms with E-state index in [0.29, 0.717) is 17.3 Å². The van der Waals surface area contributed by atoms with Gasteiger partial charge in [0.15, 0.2) is 0 Å². The number of hydrogen-bond acceptors (Lipinski definition) is 2. The fourth-order valence-corrected chi connectivity index (χ4v) is 1.09. The molecular formula is C10H21NO. The Bertz CT molecular complexity index is 146. The van der Waals surface area contributed by atoms with Crippen molar-refractivity contribution in [2.75, 3.05) is 0 Å². The normalized spacial score (nSPS) is 18.1. The predicted molar refractivity (Wildman–Crippen MR) is 52.7 cm³/mol. The van der Waals surface area contributed by atoms with Crippen LogP contribution in [0, 0.1) is 17.3 Å². The third-order valence-electron chi connectivity index (χ3n) is 2.52. The molecule has 0 fully saturated rings. The van der Waals surface area contributed by atoms with Gasteiger partial charge < -0.3 is 5.21 Å². The predicted octanol–water partition coefficient (Wildman–Crippen LogP) is 3.15. The molecule has 0 amide bonds. The van der Waals surface area contributed by atoms with Crippen LogP contribution in [0.1, 0.15) is 41.0 Å². The van der Waals surface area contributed by atoms with Gasteiger partial charge in [0.2, 0.25) is 0 Å². The lowest BCUT2D eigenvalue weighted by molar-refractivity contribution is 0.233. The van der Waals surface area contributed by atoms with E-state index in [9.17, 15) is 0 Å². The smallest absolute Gasteiger partial charge is 0.0464 e. The number of hydrogen-bond donors (Lipinski definition) is 1. The molecule has 0 saturated heterocycles. The summed E-state index contributed by atoms with van der Waals surface area (Å²) in [6, 6.07) is 0. The Morgan fingerprint density at radius 2 is 1.83 bits per heavy atom. The van der Waals surface area contributed by atoms with Crippen LogP contribution < -0.4 is 0 Å². The van der Waals surface area contributed by atoms with Crippen LogP contribution in [-0.4, -0.2) is 11.4 Å². The molecule has 0 radical (unpaired) electrons. The topological polar surface area (TPSA) is 32.6 Å². The Hall–Kier alpha value is -0.530. The van der Waals surface area contributed by atoms with Crippen molar-refractivity contribution in [3.63, 3.8) is 0 Å². The van der Waals surface area contributed by atoms with Crippen molar-refractivity contribution in [3.05, 3.63) is 0 Å². The number of nitrogens with zero attached hydrogens (tertiary/aromatic N) is 1. The minimum atomic E-state index is 0.345. The molecule has 0 aliphatic rings. The third kappa shape index (κ3) is 4.37. The molecule has 0 aliphatic carbocycles. The van der Waals surface area contributed by atoms with Gasteiger partial charge in [-0.1, -0.05) is 34.6 Å². The van der Waals surface area contributed by atoms with E-state index in [2.05, 4.69) is 39.8 Å². The summed E-state index contributed by atoms with van der Waals surface area (Å²) in [6.45, 7) is 11.0. The summed E-state index contributed by atoms with van der Waals surface area (Å²) in [6.07, 6.45) is 2.68. The van der Waals surface area contributed by atoms with Crippen LogP contribution >= 0.6 is 0 Å². The summed E-state index contributed by atoms with van der Waals surface area (Å²) in [5.74, 6) is 1.01. The lowest BCUT2D eigenvalue weighted by Crippen LogP contribution is -2.20. The van der Waals surface area contributed by atoms with Crippen LogP contribution in [0.5, 0.6) is 0 Å². The molecule has 0 aromatic carbocycles. The van der Waals surface area contributed by atoms with Crippen molar-refractivity contribution in [2.45, 2.75) is 41.0 Å². The van der Waals surface area contributed by atoms with Crippen molar-refractivity contribution in [1.82, 2.24) is 0 Å². The molecule has 12 heavy (non-hydrogen) atoms. The zero-order chi connectivity index (χ0) is 9.78. The van der Waals surface area contributed by atoms with E-state index in [1.165, 1.54) is 0 Å². The van der Waals surface area contributed by atoms with Gasteiger partial charge in [-0.05, 0) is 23.7 Å². The van der Waals surface area contributed by atoms with Gasteiger partial charge in [-0.2, -0.15) is 0 Å². The van der Waals surface area contributed by atoms with E-state index in [4.69, 9.17) is 5.21 Å². The highest BCUT2D eigenvalue weighted by atomic mass is 16.4. The first-order chi connectivity index (χ1) is 5.38. The summed E-state index contributed by atoms with van der Waals surface area (Å²) in [5.41, 5.74) is 0.345. The molecule has 0 bridgehead atoms. The van der Waals surface area contributed by atoms with Crippen LogP contribution in [0.3, 0.4) is 0 Å². The van der Waals surface area contributed by atoms with Crippen molar-refractivity contribution >= 4 is 6.21 Å². The van der Waals surface area contributed by atoms with Gasteiger partial charge >= 0.3 is 0 Å². The van der Waals surface area contributed by atoms with E-state index in [1.807, 2.05) is 0 Å². The van der Waals surface area contributed by atoms with Crippen molar-refractivity contribution < 1.29 is 5.21 Å². The Morgan fingerprint density at radius 1 is 1.33 bits per heavy atom. The van der Waals surface area contributed by atoms with Crippen molar-refractivity contribution in [3.8, 4) is 0 Å². The maximum absolute atomic E-state index is 8.32. The van der Waals surface area contributed by atoms with E-state index in [0.717, 1.165) is 6.42 Å². The fourth-order valence-electron chi connectivity index (χ4n) is 1.09. The molecule has 0 aliphatic heterocycles. The van der Waals surface area contributed by atoms with Crippen LogP contribution in [0.25, 0.3) is 0 Å². The number of oxime groups is 1. The molecule has 0 aromatic heterocycles. The molecular weight excluding hydrogens is 150 g/mol. The average Bonchev–Trinajstić information content (AvgIpc) is 1.85. The van der Waals surface area contributed by atoms with Gasteiger partial charge in [0.05, 0.1) is 0 Å². The number of rotatable bonds is 3. The average molecular weight is 171 g/mol. The lowest BCUT2D eigenvalue weighted by Gasteiger charge is -2.28. The highest BCUT2D eigenvalue weighted by Gasteiger charge is 2.21. The minimum Gasteiger partial charge on any atom is -0.411 e. The van der Waals surface area contributed by atoms with Crippen LogP contribution in [0.4, 0.5) is 0 Å². The summed E-state index contributed by atoms with van der Waals surface area (Å²) in [5, 5.41) is 11.4. The molecule has 0 spiro atoms. The molecule has 2 atom stereocenters. The third-order valence-corrected chi connectivity index (χ3v) is 2.52. The minimum absolute atomic E-state index is 0.345. The van der Waals surface area contributed by atoms with Crippen LogP contribution in [0.2, 0.25) is 0 Å². The maximum atomic E-state index is 8.32. The molecule has 0 saturated carbocycles. The Kier molecular flexibility index (Phi) is 4.29. The summed E-state index contributed by atoms with van der Waals surface area (Å²) in [4.78, 5) is 0. The van der Waals surface area contributed by atoms with E-state index in [1.54, 1.807) is 6.21 Å². The maximum Gasteiger partial charge on any atom is 0.0464 e. The highest BCUT2D eigenvalue weighted by Crippen LogP contribution is 2.30. The van der Waals surface area contributed by atoms with Crippen molar-refractivity contribution in [1.29, 1.82) is 0 Å². The fraction of sp³-hybridized carbons (Fsp3) is 0.900. The molecule has 0 aromatic rings. The van der Waals surface area contributed by atoms with Gasteiger partial charge in [0.25, 0.3) is 0 Å². The van der Waals surface area contributed by atoms with Gasteiger partial charge in [-0.15, -0.1) is 5.16 Å². The second-order valence-corrected chi connectivity index (χ2v) is 4.74. The second-order valence-electron chi connectivity index (χ2n) is 4.74. The van der Waals surface area contributed by atoms with E-state index >= 15 is 0 Å². The van der Waals surface area contributed by atoms with Gasteiger partial charge in [-0.25, -0.2) is 0 Å². The first-order valence-electron chi connectivity index (χ1n) is 4.55. The van der Waals surface area contributed by atoms with Crippen molar-refractivity contribution in [2.24, 2.45) is 22.4 Å². The molecule has 72 valence electrons. The lowest BCUT2D eigenvalue weighted by atomic mass is 9.77. The zero-order valence-electron chi connectivity index (χ0n) is 8.83. The summed E-state index contributed by atoms with van der Waals surface area (Å²) >= 11 is 0. The first-order valence-corrected chi connectivity index (χ1v) is 4.55. The monoisotopic (exact) mass is 171 g/mol. The summed E-state index contributed by atoms with van der Waals surface area (Å²) in [7, 11) is 0. The summed E-state index contributed by atoms with van der Waals surface area (Å²) < 4.78 is 0. The van der Waals surface area contributed by atoms with Gasteiger partial charge in [0.1, 0.15) is 0 Å². The van der Waals surface area contributed by atoms with E-state index < -0.39 is 0 Å². The molecule has 0 rings (SSSR count). The van der Waals surface area contributed by atoms with Gasteiger partial charge in [0, 0.05) is 6.21 Å². The zero-order valence-corrected chi connectivity index (χ0v) is 8.83. The molecule has 2 nitrogen and oxygen atoms in total. The molecule has 2 heteroatoms. The second kappa shape index (κ2) is 4.48. The van der Waals surface area contributed by atoms with E-state index in [-0.39, 0.29) is 0 Å². The Balaban J connectivity index is 3.92. The quantitative estimate of drug-likeness (QED) is 0.395. The molecule has 0 heterocycles. The molecule has 2 unspecified atom stereocenters. The van der Waals surface area contributed by atoms with Crippen LogP contribution in [0.15, 0.2) is 5.16 Å². The molecule has 1 N–H and O–H groups in total. The van der Waals surface area contributed by atoms with Gasteiger partial charge in [-0.3, -0.25) is 0 Å². The Labute approximate surface area is 75.7 Å². The Morgan fingerprint density at radius 3 is 2.17 bits per heavy atom. The largest absolute Gasteiger partial charge is 0.411 e. The van der Waals surface area contributed by atoms with Crippen LogP contribution in [-0.2, 0) is 0 Å². The highest BCUT2D eigenvalue weighted by molar-refractivity contribution is 5.59. The first kappa shape index (κ1) is 11.5.